The molecule has 0 aliphatic carbocycles. The molecule has 1 heterocycles. The second-order valence-electron chi connectivity index (χ2n) is 1.94. The molecule has 1 rings (SSSR count). The summed E-state index contributed by atoms with van der Waals surface area (Å²) in [5, 5.41) is 0. The Balaban J connectivity index is 2.45. The Morgan fingerprint density at radius 3 is 2.67 bits per heavy atom. The average Bonchev–Trinajstić information content (AvgIpc) is 1.86. The van der Waals surface area contributed by atoms with Crippen LogP contribution in [0.25, 0.3) is 0 Å². The third-order valence-corrected chi connectivity index (χ3v) is 1.27. The Bertz CT molecular complexity index is 74.0. The molecule has 0 nitrogen and oxygen atoms in total. The van der Waals surface area contributed by atoms with E-state index in [1.54, 1.807) is 5.46 Å². The molecule has 0 saturated carbocycles. The van der Waals surface area contributed by atoms with Crippen LogP contribution in [0, 0.1) is 0 Å². The van der Waals surface area contributed by atoms with E-state index in [9.17, 15) is 0 Å². The van der Waals surface area contributed by atoms with E-state index < -0.39 is 0 Å². The van der Waals surface area contributed by atoms with Gasteiger partial charge in [0.05, 0.1) is 0 Å². The quantitative estimate of drug-likeness (QED) is 0.382. The van der Waals surface area contributed by atoms with Crippen LogP contribution in [0.15, 0.2) is 0 Å². The Labute approximate surface area is 39.5 Å². The molecule has 1 aliphatic heterocycles. The fraction of sp³-hybridized carbons (Fsp3) is 0.800. The van der Waals surface area contributed by atoms with Crippen LogP contribution in [0.4, 0.5) is 0 Å². The molecule has 0 spiro atoms. The van der Waals surface area contributed by atoms with E-state index in [4.69, 9.17) is 0 Å². The van der Waals surface area contributed by atoms with Crippen LogP contribution < -0.4 is 0 Å². The van der Waals surface area contributed by atoms with Crippen molar-refractivity contribution in [1.29, 1.82) is 0 Å². The van der Waals surface area contributed by atoms with Crippen LogP contribution in [-0.4, -0.2) is 12.4 Å². The predicted molar refractivity (Wildman–Crippen MR) is 30.5 cm³/mol. The van der Waals surface area contributed by atoms with Crippen LogP contribution in [0.2, 0.25) is 6.32 Å². The van der Waals surface area contributed by atoms with Crippen LogP contribution >= 0.6 is 0 Å². The van der Waals surface area contributed by atoms with Gasteiger partial charge < -0.3 is 0 Å². The molecule has 0 atom stereocenters. The van der Waals surface area contributed by atoms with E-state index in [2.05, 4.69) is 13.8 Å². The fourth-order valence-electron chi connectivity index (χ4n) is 0.831. The summed E-state index contributed by atoms with van der Waals surface area (Å²) in [5.41, 5.74) is 1.58. The molecule has 0 aromatic heterocycles. The van der Waals surface area contributed by atoms with Gasteiger partial charge in [0.15, 0.2) is 0 Å². The first-order chi connectivity index (χ1) is 2.89. The summed E-state index contributed by atoms with van der Waals surface area (Å²) in [6.07, 6.45) is 4.07. The number of hydrogen-bond acceptors (Lipinski definition) is 0. The van der Waals surface area contributed by atoms with Crippen molar-refractivity contribution in [2.45, 2.75) is 26.1 Å². The second kappa shape index (κ2) is 1.59. The van der Waals surface area contributed by atoms with Crippen molar-refractivity contribution in [1.82, 2.24) is 0 Å². The summed E-state index contributed by atoms with van der Waals surface area (Å²) in [4.78, 5) is 0. The van der Waals surface area contributed by atoms with Gasteiger partial charge in [-0.2, -0.15) is 0 Å². The van der Waals surface area contributed by atoms with Gasteiger partial charge >= 0.3 is 38.5 Å². The molecular weight excluding hydrogens is 70.9 g/mol. The van der Waals surface area contributed by atoms with Gasteiger partial charge in [-0.05, 0) is 0 Å². The van der Waals surface area contributed by atoms with E-state index >= 15 is 0 Å². The summed E-state index contributed by atoms with van der Waals surface area (Å²) >= 11 is 0. The predicted octanol–water partition coefficient (Wildman–Crippen LogP) is 1.09. The summed E-state index contributed by atoms with van der Waals surface area (Å²) < 4.78 is 0. The molecule has 0 radical (unpaired) electrons. The molecule has 0 aromatic carbocycles. The molecule has 0 amide bonds. The van der Waals surface area contributed by atoms with Gasteiger partial charge in [0, 0.05) is 0 Å². The van der Waals surface area contributed by atoms with Crippen molar-refractivity contribution >= 4 is 12.4 Å². The zero-order chi connectivity index (χ0) is 4.41. The Morgan fingerprint density at radius 2 is 2.50 bits per heavy atom. The molecule has 0 unspecified atom stereocenters. The topological polar surface area (TPSA) is 0 Å². The van der Waals surface area contributed by atoms with Crippen LogP contribution in [0.1, 0.15) is 19.8 Å². The molecule has 0 N–H and O–H groups in total. The average molecular weight is 79.9 g/mol. The second-order valence-corrected chi connectivity index (χ2v) is 1.94. The Kier molecular flexibility index (Phi) is 1.09. The maximum absolute atomic E-state index is 2.32. The minimum atomic E-state index is 1.33. The standard InChI is InChI=1S/C5H9B/c1-5-3-2-4-6-5/h2-4H2,1H3. The monoisotopic (exact) mass is 80.1 g/mol. The molecule has 6 heavy (non-hydrogen) atoms. The first kappa shape index (κ1) is 4.10. The fourth-order valence-corrected chi connectivity index (χ4v) is 0.831. The molecule has 1 heteroatoms. The van der Waals surface area contributed by atoms with Crippen LogP contribution in [0.3, 0.4) is 0 Å². The van der Waals surface area contributed by atoms with Gasteiger partial charge in [-0.15, -0.1) is 0 Å². The van der Waals surface area contributed by atoms with Crippen LogP contribution in [-0.2, 0) is 0 Å². The first-order valence-corrected chi connectivity index (χ1v) is 2.55. The van der Waals surface area contributed by atoms with Crippen molar-refractivity contribution < 1.29 is 0 Å². The maximum atomic E-state index is 2.32. The molecule has 0 saturated heterocycles. The van der Waals surface area contributed by atoms with Gasteiger partial charge in [-0.25, -0.2) is 0 Å². The zero-order valence-corrected chi connectivity index (χ0v) is 4.20. The summed E-state index contributed by atoms with van der Waals surface area (Å²) in [6, 6.07) is 0. The zero-order valence-electron chi connectivity index (χ0n) is 4.20. The van der Waals surface area contributed by atoms with Gasteiger partial charge in [-0.1, -0.05) is 0 Å². The third-order valence-electron chi connectivity index (χ3n) is 1.27. The van der Waals surface area contributed by atoms with Gasteiger partial charge in [0.2, 0.25) is 0 Å². The van der Waals surface area contributed by atoms with Gasteiger partial charge in [0.1, 0.15) is 0 Å². The van der Waals surface area contributed by atoms with Crippen molar-refractivity contribution in [2.24, 2.45) is 0 Å². The number of hydrogen-bond donors (Lipinski definition) is 0. The van der Waals surface area contributed by atoms with Crippen molar-refractivity contribution in [2.75, 3.05) is 0 Å². The molecule has 32 valence electrons. The van der Waals surface area contributed by atoms with Crippen molar-refractivity contribution in [3.63, 3.8) is 0 Å². The van der Waals surface area contributed by atoms with E-state index in [1.807, 2.05) is 0 Å². The molecule has 1 aliphatic rings. The van der Waals surface area contributed by atoms with Crippen LogP contribution in [0.5, 0.6) is 0 Å². The Morgan fingerprint density at radius 1 is 1.67 bits per heavy atom. The minimum absolute atomic E-state index is 1.33. The first-order valence-electron chi connectivity index (χ1n) is 2.55. The van der Waals surface area contributed by atoms with Crippen molar-refractivity contribution in [3.05, 3.63) is 0 Å². The number of rotatable bonds is 0. The summed E-state index contributed by atoms with van der Waals surface area (Å²) in [7, 11) is 0. The molecular formula is C5H9B. The molecule has 0 bridgehead atoms. The molecule has 0 aromatic rings. The summed E-state index contributed by atoms with van der Waals surface area (Å²) in [6.45, 7) is 4.52. The van der Waals surface area contributed by atoms with Gasteiger partial charge in [0.25, 0.3) is 0 Å². The normalized spacial score (nSPS) is 19.8. The summed E-state index contributed by atoms with van der Waals surface area (Å²) in [5.74, 6) is 0. The van der Waals surface area contributed by atoms with E-state index in [-0.39, 0.29) is 0 Å². The van der Waals surface area contributed by atoms with E-state index in [1.165, 1.54) is 19.2 Å². The molecule has 0 fully saturated rings. The van der Waals surface area contributed by atoms with E-state index in [0.717, 1.165) is 0 Å². The van der Waals surface area contributed by atoms with Crippen molar-refractivity contribution in [3.8, 4) is 0 Å². The van der Waals surface area contributed by atoms with E-state index in [0.29, 0.717) is 0 Å². The van der Waals surface area contributed by atoms with Gasteiger partial charge in [-0.3, -0.25) is 0 Å². The SMILES string of the molecule is CC1=BCCC1. The third kappa shape index (κ3) is 0.705. The Hall–Kier alpha value is -0.0651.